The van der Waals surface area contributed by atoms with Crippen molar-refractivity contribution in [1.29, 1.82) is 0 Å². The minimum absolute atomic E-state index is 0.242. The van der Waals surface area contributed by atoms with Crippen LogP contribution in [0, 0.1) is 5.92 Å². The Morgan fingerprint density at radius 3 is 2.78 bits per heavy atom. The molecule has 1 aliphatic rings. The van der Waals surface area contributed by atoms with Crippen molar-refractivity contribution in [2.75, 3.05) is 32.7 Å². The van der Waals surface area contributed by atoms with E-state index < -0.39 is 0 Å². The molecule has 2 aromatic heterocycles. The second-order valence-electron chi connectivity index (χ2n) is 8.24. The van der Waals surface area contributed by atoms with Crippen LogP contribution in [0.3, 0.4) is 0 Å². The standard InChI is InChI=1S/C25H32N6O/c1-2-26-25(27-13-11-22-19-30-14-7-6-10-23(30)29-22)28-17-21-16-24(32)31(18-21)15-12-20-8-4-3-5-9-20/h3-10,14,19,21H,2,11-13,15-18H2,1H3,(H2,26,27,28). The molecule has 1 aromatic carbocycles. The predicted molar refractivity (Wildman–Crippen MR) is 128 cm³/mol. The number of nitrogens with zero attached hydrogens (tertiary/aromatic N) is 4. The largest absolute Gasteiger partial charge is 0.357 e. The zero-order valence-corrected chi connectivity index (χ0v) is 18.7. The number of pyridine rings is 1. The lowest BCUT2D eigenvalue weighted by molar-refractivity contribution is -0.127. The Morgan fingerprint density at radius 1 is 1.12 bits per heavy atom. The van der Waals surface area contributed by atoms with Gasteiger partial charge in [-0.25, -0.2) is 4.98 Å². The minimum atomic E-state index is 0.242. The summed E-state index contributed by atoms with van der Waals surface area (Å²) in [6.45, 7) is 5.83. The number of guanidine groups is 1. The maximum atomic E-state index is 12.4. The molecule has 1 aliphatic heterocycles. The van der Waals surface area contributed by atoms with E-state index in [1.54, 1.807) is 0 Å². The summed E-state index contributed by atoms with van der Waals surface area (Å²) in [5.74, 6) is 1.31. The average molecular weight is 433 g/mol. The van der Waals surface area contributed by atoms with Crippen LogP contribution in [-0.4, -0.2) is 58.9 Å². The van der Waals surface area contributed by atoms with Crippen molar-refractivity contribution in [3.8, 4) is 0 Å². The van der Waals surface area contributed by atoms with Crippen molar-refractivity contribution in [3.05, 3.63) is 72.2 Å². The number of hydrogen-bond donors (Lipinski definition) is 2. The van der Waals surface area contributed by atoms with E-state index in [1.165, 1.54) is 5.56 Å². The number of fused-ring (bicyclic) bond motifs is 1. The Balaban J connectivity index is 1.24. The monoisotopic (exact) mass is 432 g/mol. The van der Waals surface area contributed by atoms with Gasteiger partial charge in [0.15, 0.2) is 5.96 Å². The predicted octanol–water partition coefficient (Wildman–Crippen LogP) is 2.52. The first-order valence-electron chi connectivity index (χ1n) is 11.5. The highest BCUT2D eigenvalue weighted by Gasteiger charge is 2.29. The number of benzene rings is 1. The van der Waals surface area contributed by atoms with Crippen LogP contribution in [-0.2, 0) is 17.6 Å². The first-order valence-corrected chi connectivity index (χ1v) is 11.5. The molecule has 0 bridgehead atoms. The van der Waals surface area contributed by atoms with Gasteiger partial charge in [-0.1, -0.05) is 36.4 Å². The lowest BCUT2D eigenvalue weighted by Gasteiger charge is -2.16. The summed E-state index contributed by atoms with van der Waals surface area (Å²) < 4.78 is 2.04. The quantitative estimate of drug-likeness (QED) is 0.403. The van der Waals surface area contributed by atoms with Crippen LogP contribution in [0.5, 0.6) is 0 Å². The molecule has 1 saturated heterocycles. The molecule has 0 radical (unpaired) electrons. The van der Waals surface area contributed by atoms with Crippen LogP contribution in [0.15, 0.2) is 65.9 Å². The number of likely N-dealkylation sites (tertiary alicyclic amines) is 1. The fourth-order valence-corrected chi connectivity index (χ4v) is 4.08. The van der Waals surface area contributed by atoms with E-state index in [2.05, 4.69) is 40.9 Å². The van der Waals surface area contributed by atoms with E-state index in [0.29, 0.717) is 13.0 Å². The van der Waals surface area contributed by atoms with Crippen LogP contribution in [0.4, 0.5) is 0 Å². The highest BCUT2D eigenvalue weighted by molar-refractivity contribution is 5.80. The van der Waals surface area contributed by atoms with Gasteiger partial charge >= 0.3 is 0 Å². The molecule has 1 amide bonds. The van der Waals surface area contributed by atoms with Gasteiger partial charge < -0.3 is 19.9 Å². The summed E-state index contributed by atoms with van der Waals surface area (Å²) in [5, 5.41) is 6.70. The molecule has 168 valence electrons. The normalized spacial score (nSPS) is 16.7. The van der Waals surface area contributed by atoms with Crippen molar-refractivity contribution in [3.63, 3.8) is 0 Å². The molecule has 1 unspecified atom stereocenters. The van der Waals surface area contributed by atoms with Crippen LogP contribution in [0.1, 0.15) is 24.6 Å². The van der Waals surface area contributed by atoms with Gasteiger partial charge in [0.25, 0.3) is 0 Å². The molecular weight excluding hydrogens is 400 g/mol. The third kappa shape index (κ3) is 5.87. The minimum Gasteiger partial charge on any atom is -0.357 e. The van der Waals surface area contributed by atoms with Gasteiger partial charge in [0.05, 0.1) is 5.69 Å². The number of carbonyl (C=O) groups is 1. The van der Waals surface area contributed by atoms with Crippen molar-refractivity contribution in [2.45, 2.75) is 26.2 Å². The molecule has 0 saturated carbocycles. The SMILES string of the molecule is CCNC(=NCC1CC(=O)N(CCc2ccccc2)C1)NCCc1cn2ccccc2n1. The molecule has 7 nitrogen and oxygen atoms in total. The molecule has 7 heteroatoms. The molecule has 32 heavy (non-hydrogen) atoms. The first-order chi connectivity index (χ1) is 15.7. The molecule has 3 heterocycles. The fourth-order valence-electron chi connectivity index (χ4n) is 4.08. The summed E-state index contributed by atoms with van der Waals surface area (Å²) >= 11 is 0. The van der Waals surface area contributed by atoms with E-state index in [0.717, 1.165) is 56.3 Å². The molecule has 2 N–H and O–H groups in total. The topological polar surface area (TPSA) is 74.0 Å². The van der Waals surface area contributed by atoms with Crippen LogP contribution in [0.25, 0.3) is 5.65 Å². The van der Waals surface area contributed by atoms with Crippen LogP contribution in [0.2, 0.25) is 0 Å². The Kier molecular flexibility index (Phi) is 7.38. The van der Waals surface area contributed by atoms with Gasteiger partial charge in [0.1, 0.15) is 5.65 Å². The molecule has 0 aliphatic carbocycles. The van der Waals surface area contributed by atoms with E-state index in [9.17, 15) is 4.79 Å². The molecule has 0 spiro atoms. The number of aromatic nitrogens is 2. The highest BCUT2D eigenvalue weighted by Crippen LogP contribution is 2.18. The molecular formula is C25H32N6O. The van der Waals surface area contributed by atoms with Gasteiger partial charge in [-0.3, -0.25) is 9.79 Å². The Labute approximate surface area is 189 Å². The first kappa shape index (κ1) is 21.9. The van der Waals surface area contributed by atoms with Crippen molar-refractivity contribution in [2.24, 2.45) is 10.9 Å². The van der Waals surface area contributed by atoms with Gasteiger partial charge in [0, 0.05) is 63.9 Å². The Hall–Kier alpha value is -3.35. The summed E-state index contributed by atoms with van der Waals surface area (Å²) in [4.78, 5) is 23.8. The molecule has 1 atom stereocenters. The number of hydrogen-bond acceptors (Lipinski definition) is 3. The number of rotatable bonds is 9. The lowest BCUT2D eigenvalue weighted by Crippen LogP contribution is -2.38. The number of aliphatic imine (C=N–C) groups is 1. The molecule has 4 rings (SSSR count). The van der Waals surface area contributed by atoms with Gasteiger partial charge in [-0.2, -0.15) is 0 Å². The van der Waals surface area contributed by atoms with Crippen molar-refractivity contribution in [1.82, 2.24) is 24.9 Å². The van der Waals surface area contributed by atoms with Crippen LogP contribution < -0.4 is 10.6 Å². The highest BCUT2D eigenvalue weighted by atomic mass is 16.2. The molecule has 1 fully saturated rings. The summed E-state index contributed by atoms with van der Waals surface area (Å²) in [6.07, 6.45) is 6.38. The average Bonchev–Trinajstić information content (AvgIpc) is 3.39. The van der Waals surface area contributed by atoms with E-state index in [-0.39, 0.29) is 11.8 Å². The van der Waals surface area contributed by atoms with Crippen molar-refractivity contribution >= 4 is 17.5 Å². The summed E-state index contributed by atoms with van der Waals surface area (Å²) in [7, 11) is 0. The number of nitrogens with one attached hydrogen (secondary N) is 2. The zero-order valence-electron chi connectivity index (χ0n) is 18.7. The Morgan fingerprint density at radius 2 is 1.97 bits per heavy atom. The zero-order chi connectivity index (χ0) is 22.2. The Bertz CT molecular complexity index is 1010. The van der Waals surface area contributed by atoms with E-state index in [1.807, 2.05) is 51.9 Å². The fraction of sp³-hybridized carbons (Fsp3) is 0.400. The number of amides is 1. The number of carbonyl (C=O) groups excluding carboxylic acids is 1. The number of imidazole rings is 1. The maximum Gasteiger partial charge on any atom is 0.223 e. The van der Waals surface area contributed by atoms with Gasteiger partial charge in [-0.05, 0) is 31.0 Å². The third-order valence-corrected chi connectivity index (χ3v) is 5.75. The third-order valence-electron chi connectivity index (χ3n) is 5.75. The molecule has 3 aromatic rings. The summed E-state index contributed by atoms with van der Waals surface area (Å²) in [5.41, 5.74) is 3.28. The smallest absolute Gasteiger partial charge is 0.223 e. The maximum absolute atomic E-state index is 12.4. The van der Waals surface area contributed by atoms with Gasteiger partial charge in [0.2, 0.25) is 5.91 Å². The van der Waals surface area contributed by atoms with E-state index in [4.69, 9.17) is 4.99 Å². The van der Waals surface area contributed by atoms with Gasteiger partial charge in [-0.15, -0.1) is 0 Å². The lowest BCUT2D eigenvalue weighted by atomic mass is 10.1. The summed E-state index contributed by atoms with van der Waals surface area (Å²) in [6, 6.07) is 16.3. The van der Waals surface area contributed by atoms with E-state index >= 15 is 0 Å². The van der Waals surface area contributed by atoms with Crippen molar-refractivity contribution < 1.29 is 4.79 Å². The second-order valence-corrected chi connectivity index (χ2v) is 8.24. The second kappa shape index (κ2) is 10.8. The van der Waals surface area contributed by atoms with Crippen LogP contribution >= 0.6 is 0 Å².